The Morgan fingerprint density at radius 2 is 2.00 bits per heavy atom. The highest BCUT2D eigenvalue weighted by Crippen LogP contribution is 2.28. The largest absolute Gasteiger partial charge is 0.504 e. The number of para-hydroxylation sites is 1. The van der Waals surface area contributed by atoms with Crippen molar-refractivity contribution in [3.8, 4) is 5.75 Å². The zero-order chi connectivity index (χ0) is 19.4. The molecule has 2 aliphatic rings. The number of benzene rings is 1. The Morgan fingerprint density at radius 3 is 2.70 bits per heavy atom. The van der Waals surface area contributed by atoms with Crippen LogP contribution in [-0.2, 0) is 0 Å². The van der Waals surface area contributed by atoms with Crippen molar-refractivity contribution < 1.29 is 9.50 Å². The smallest absolute Gasteiger partial charge is 0.165 e. The quantitative estimate of drug-likeness (QED) is 0.359. The lowest BCUT2D eigenvalue weighted by atomic mass is 9.88. The van der Waals surface area contributed by atoms with E-state index in [1.54, 1.807) is 0 Å². The van der Waals surface area contributed by atoms with Crippen molar-refractivity contribution in [1.29, 1.82) is 5.41 Å². The van der Waals surface area contributed by atoms with E-state index in [-0.39, 0.29) is 17.1 Å². The fraction of sp³-hybridized carbons (Fsp3) is 0.250. The Balaban J connectivity index is 1.99. The summed E-state index contributed by atoms with van der Waals surface area (Å²) in [6.45, 7) is 1.96. The topological polar surface area (TPSA) is 120 Å². The monoisotopic (exact) mass is 369 g/mol. The van der Waals surface area contributed by atoms with Gasteiger partial charge in [0.05, 0.1) is 0 Å². The van der Waals surface area contributed by atoms with Crippen LogP contribution in [0, 0.1) is 17.1 Å². The molecule has 27 heavy (non-hydrogen) atoms. The molecule has 0 atom stereocenters. The standard InChI is InChI=1S/C20H24FN5O/c21-16-3-1-2-14(19(16)27)17(22)11-15(20(23)24)18-10-13(6-9-26-18)12-4-7-25-8-5-12/h1-3,6,9-12,25-27H,4-5,7-8,22H2,(H3,23,24)/b17-11-,18-15?. The number of dihydropyridines is 1. The van der Waals surface area contributed by atoms with Gasteiger partial charge in [0.25, 0.3) is 0 Å². The number of phenolic OH excluding ortho intramolecular Hbond substituents is 1. The molecule has 1 saturated heterocycles. The van der Waals surface area contributed by atoms with E-state index in [9.17, 15) is 9.50 Å². The first-order chi connectivity index (χ1) is 13.0. The van der Waals surface area contributed by atoms with Gasteiger partial charge in [0.15, 0.2) is 11.6 Å². The van der Waals surface area contributed by atoms with Crippen LogP contribution in [0.1, 0.15) is 18.4 Å². The fourth-order valence-corrected chi connectivity index (χ4v) is 3.33. The number of phenols is 1. The average Bonchev–Trinajstić information content (AvgIpc) is 2.68. The summed E-state index contributed by atoms with van der Waals surface area (Å²) in [4.78, 5) is 0. The normalized spacial score (nSPS) is 20.0. The van der Waals surface area contributed by atoms with Gasteiger partial charge in [-0.1, -0.05) is 6.07 Å². The summed E-state index contributed by atoms with van der Waals surface area (Å²) < 4.78 is 13.6. The van der Waals surface area contributed by atoms with Crippen LogP contribution in [-0.4, -0.2) is 24.0 Å². The summed E-state index contributed by atoms with van der Waals surface area (Å²) in [5.41, 5.74) is 14.3. The first-order valence-electron chi connectivity index (χ1n) is 8.86. The van der Waals surface area contributed by atoms with E-state index in [1.807, 2.05) is 18.4 Å². The van der Waals surface area contributed by atoms with Gasteiger partial charge in [0.2, 0.25) is 0 Å². The zero-order valence-electron chi connectivity index (χ0n) is 14.9. The number of hydrogen-bond acceptors (Lipinski definition) is 5. The third kappa shape index (κ3) is 4.20. The van der Waals surface area contributed by atoms with Crippen LogP contribution < -0.4 is 22.1 Å². The van der Waals surface area contributed by atoms with Crippen LogP contribution in [0.3, 0.4) is 0 Å². The van der Waals surface area contributed by atoms with Gasteiger partial charge in [0, 0.05) is 28.7 Å². The number of aromatic hydroxyl groups is 1. The molecule has 0 unspecified atom stereocenters. The molecule has 0 spiro atoms. The van der Waals surface area contributed by atoms with E-state index in [0.29, 0.717) is 17.2 Å². The number of allylic oxidation sites excluding steroid dienone is 3. The third-order valence-electron chi connectivity index (χ3n) is 4.81. The number of rotatable bonds is 4. The van der Waals surface area contributed by atoms with Gasteiger partial charge >= 0.3 is 0 Å². The minimum atomic E-state index is -0.757. The van der Waals surface area contributed by atoms with E-state index in [1.165, 1.54) is 23.8 Å². The van der Waals surface area contributed by atoms with Crippen LogP contribution in [0.15, 0.2) is 59.5 Å². The van der Waals surface area contributed by atoms with E-state index in [0.717, 1.165) is 32.0 Å². The second kappa shape index (κ2) is 8.09. The van der Waals surface area contributed by atoms with Crippen molar-refractivity contribution in [1.82, 2.24) is 10.6 Å². The van der Waals surface area contributed by atoms with E-state index in [2.05, 4.69) is 10.6 Å². The summed E-state index contributed by atoms with van der Waals surface area (Å²) in [5.74, 6) is -1.01. The van der Waals surface area contributed by atoms with Crippen molar-refractivity contribution in [3.05, 3.63) is 70.9 Å². The summed E-state index contributed by atoms with van der Waals surface area (Å²) >= 11 is 0. The van der Waals surface area contributed by atoms with Gasteiger partial charge in [0.1, 0.15) is 5.84 Å². The molecule has 0 radical (unpaired) electrons. The predicted octanol–water partition coefficient (Wildman–Crippen LogP) is 2.06. The summed E-state index contributed by atoms with van der Waals surface area (Å²) in [7, 11) is 0. The van der Waals surface area contributed by atoms with Crippen LogP contribution in [0.25, 0.3) is 5.70 Å². The first-order valence-corrected chi connectivity index (χ1v) is 8.86. The molecule has 0 amide bonds. The molecule has 6 nitrogen and oxygen atoms in total. The van der Waals surface area contributed by atoms with Gasteiger partial charge in [-0.2, -0.15) is 0 Å². The molecule has 0 saturated carbocycles. The molecule has 2 heterocycles. The van der Waals surface area contributed by atoms with E-state index in [4.69, 9.17) is 16.9 Å². The SMILES string of the molecule is N=C(N)C(/C=C(\N)c1cccc(F)c1O)=C1C=C(C2CCNCC2)C=CN1. The number of amidine groups is 1. The molecule has 3 rings (SSSR count). The molecular formula is C20H24FN5O. The van der Waals surface area contributed by atoms with Crippen molar-refractivity contribution in [2.75, 3.05) is 13.1 Å². The lowest BCUT2D eigenvalue weighted by Crippen LogP contribution is -2.29. The van der Waals surface area contributed by atoms with Crippen molar-refractivity contribution >= 4 is 11.5 Å². The Morgan fingerprint density at radius 1 is 1.26 bits per heavy atom. The Hall–Kier alpha value is -3.06. The highest BCUT2D eigenvalue weighted by atomic mass is 19.1. The Labute approximate surface area is 157 Å². The maximum Gasteiger partial charge on any atom is 0.165 e. The molecule has 1 aromatic rings. The number of halogens is 1. The minimum absolute atomic E-state index is 0.123. The number of nitrogens with one attached hydrogen (secondary N) is 3. The fourth-order valence-electron chi connectivity index (χ4n) is 3.33. The van der Waals surface area contributed by atoms with E-state index >= 15 is 0 Å². The number of hydrogen-bond donors (Lipinski definition) is 6. The highest BCUT2D eigenvalue weighted by Gasteiger charge is 2.19. The molecule has 8 N–H and O–H groups in total. The van der Waals surface area contributed by atoms with Crippen molar-refractivity contribution in [2.45, 2.75) is 12.8 Å². The van der Waals surface area contributed by atoms with Crippen LogP contribution in [0.2, 0.25) is 0 Å². The third-order valence-corrected chi connectivity index (χ3v) is 4.81. The lowest BCUT2D eigenvalue weighted by molar-refractivity contribution is 0.424. The minimum Gasteiger partial charge on any atom is -0.504 e. The molecule has 0 bridgehead atoms. The van der Waals surface area contributed by atoms with Crippen molar-refractivity contribution in [3.63, 3.8) is 0 Å². The molecule has 0 aromatic heterocycles. The lowest BCUT2D eigenvalue weighted by Gasteiger charge is -2.26. The van der Waals surface area contributed by atoms with Gasteiger partial charge < -0.3 is 27.2 Å². The maximum atomic E-state index is 13.6. The molecule has 1 aromatic carbocycles. The predicted molar refractivity (Wildman–Crippen MR) is 105 cm³/mol. The Kier molecular flexibility index (Phi) is 5.61. The van der Waals surface area contributed by atoms with Gasteiger partial charge in [-0.05, 0) is 67.8 Å². The van der Waals surface area contributed by atoms with Crippen molar-refractivity contribution in [2.24, 2.45) is 17.4 Å². The van der Waals surface area contributed by atoms with Gasteiger partial charge in [-0.25, -0.2) is 4.39 Å². The number of piperidine rings is 1. The second-order valence-electron chi connectivity index (χ2n) is 6.62. The zero-order valence-corrected chi connectivity index (χ0v) is 14.9. The first kappa shape index (κ1) is 18.7. The summed E-state index contributed by atoms with van der Waals surface area (Å²) in [6.07, 6.45) is 9.40. The summed E-state index contributed by atoms with van der Waals surface area (Å²) in [6, 6.07) is 4.12. The molecule has 2 aliphatic heterocycles. The molecule has 0 aliphatic carbocycles. The van der Waals surface area contributed by atoms with Gasteiger partial charge in [-0.15, -0.1) is 0 Å². The molecule has 142 valence electrons. The van der Waals surface area contributed by atoms with E-state index < -0.39 is 11.6 Å². The number of nitrogens with two attached hydrogens (primary N) is 2. The molecule has 1 fully saturated rings. The maximum absolute atomic E-state index is 13.6. The second-order valence-corrected chi connectivity index (χ2v) is 6.62. The molecular weight excluding hydrogens is 345 g/mol. The Bertz CT molecular complexity index is 863. The van der Waals surface area contributed by atoms with Crippen LogP contribution >= 0.6 is 0 Å². The van der Waals surface area contributed by atoms with Gasteiger partial charge in [-0.3, -0.25) is 5.41 Å². The van der Waals surface area contributed by atoms with Crippen LogP contribution in [0.5, 0.6) is 5.75 Å². The van der Waals surface area contributed by atoms with Crippen LogP contribution in [0.4, 0.5) is 4.39 Å². The molecule has 7 heteroatoms. The summed E-state index contributed by atoms with van der Waals surface area (Å²) in [5, 5.41) is 24.3. The average molecular weight is 369 g/mol. The highest BCUT2D eigenvalue weighted by molar-refractivity contribution is 6.00.